The van der Waals surface area contributed by atoms with E-state index in [4.69, 9.17) is 15.3 Å². The van der Waals surface area contributed by atoms with Crippen LogP contribution in [-0.4, -0.2) is 46.2 Å². The highest BCUT2D eigenvalue weighted by Crippen LogP contribution is 2.18. The smallest absolute Gasteiger partial charge is 0.310 e. The van der Waals surface area contributed by atoms with Crippen LogP contribution in [0.5, 0.6) is 0 Å². The maximum absolute atomic E-state index is 10.2. The van der Waals surface area contributed by atoms with Gasteiger partial charge in [-0.25, -0.2) is 0 Å². The minimum Gasteiger partial charge on any atom is -0.459 e. The number of carbonyl (C=O) groups is 1. The van der Waals surface area contributed by atoms with Gasteiger partial charge in [0.25, 0.3) is 0 Å². The van der Waals surface area contributed by atoms with E-state index in [0.717, 1.165) is 0 Å². The summed E-state index contributed by atoms with van der Waals surface area (Å²) in [4.78, 5) is 10.2. The monoisotopic (exact) mass is 162 g/mol. The van der Waals surface area contributed by atoms with Crippen LogP contribution >= 0.6 is 0 Å². The van der Waals surface area contributed by atoms with E-state index in [2.05, 4.69) is 4.74 Å². The topological polar surface area (TPSA) is 87.0 Å². The fourth-order valence-corrected chi connectivity index (χ4v) is 0.870. The lowest BCUT2D eigenvalue weighted by atomic mass is 10.0. The summed E-state index contributed by atoms with van der Waals surface area (Å²) >= 11 is 0. The van der Waals surface area contributed by atoms with Gasteiger partial charge in [0.1, 0.15) is 18.3 Å². The number of carbonyl (C=O) groups excluding carboxylic acids is 1. The van der Waals surface area contributed by atoms with Crippen molar-refractivity contribution >= 4 is 5.97 Å². The predicted octanol–water partition coefficient (Wildman–Crippen LogP) is -1.98. The van der Waals surface area contributed by atoms with Gasteiger partial charge < -0.3 is 20.1 Å². The summed E-state index contributed by atoms with van der Waals surface area (Å²) in [6, 6.07) is 0. The normalized spacial score (nSPS) is 28.6. The van der Waals surface area contributed by atoms with Gasteiger partial charge in [-0.05, 0) is 0 Å². The summed E-state index contributed by atoms with van der Waals surface area (Å²) in [6.07, 6.45) is -2.94. The standard InChI is InChI=1S/C6H10O5/c7-2-3(8)6(10)4-1-5(9)11-4/h3-4,6-8,10H,1-2H2. The molecule has 0 aliphatic carbocycles. The fourth-order valence-electron chi connectivity index (χ4n) is 0.870. The summed E-state index contributed by atoms with van der Waals surface area (Å²) in [5, 5.41) is 26.3. The Bertz CT molecular complexity index is 149. The molecule has 3 N–H and O–H groups in total. The van der Waals surface area contributed by atoms with E-state index in [1.165, 1.54) is 0 Å². The first kappa shape index (κ1) is 8.45. The minimum atomic E-state index is -1.23. The van der Waals surface area contributed by atoms with Gasteiger partial charge in [0, 0.05) is 0 Å². The highest BCUT2D eigenvalue weighted by molar-refractivity contribution is 5.75. The molecular weight excluding hydrogens is 152 g/mol. The highest BCUT2D eigenvalue weighted by atomic mass is 16.6. The number of ether oxygens (including phenoxy) is 1. The largest absolute Gasteiger partial charge is 0.459 e. The molecule has 0 saturated carbocycles. The van der Waals surface area contributed by atoms with Gasteiger partial charge in [-0.2, -0.15) is 0 Å². The molecule has 0 aromatic carbocycles. The zero-order chi connectivity index (χ0) is 8.43. The van der Waals surface area contributed by atoms with Crippen LogP contribution in [0.15, 0.2) is 0 Å². The molecule has 1 rings (SSSR count). The van der Waals surface area contributed by atoms with Crippen LogP contribution in [0.4, 0.5) is 0 Å². The Balaban J connectivity index is 2.30. The quantitative estimate of drug-likeness (QED) is 0.418. The minimum absolute atomic E-state index is 0.109. The maximum Gasteiger partial charge on any atom is 0.310 e. The Hall–Kier alpha value is -0.650. The molecule has 1 saturated heterocycles. The van der Waals surface area contributed by atoms with Gasteiger partial charge >= 0.3 is 5.97 Å². The van der Waals surface area contributed by atoms with Crippen LogP contribution < -0.4 is 0 Å². The number of hydrogen-bond donors (Lipinski definition) is 3. The first-order valence-electron chi connectivity index (χ1n) is 3.31. The van der Waals surface area contributed by atoms with Crippen LogP contribution in [0.2, 0.25) is 0 Å². The molecule has 64 valence electrons. The van der Waals surface area contributed by atoms with E-state index in [1.54, 1.807) is 0 Å². The first-order chi connectivity index (χ1) is 5.15. The van der Waals surface area contributed by atoms with Crippen LogP contribution in [-0.2, 0) is 9.53 Å². The molecule has 5 nitrogen and oxygen atoms in total. The average molecular weight is 162 g/mol. The van der Waals surface area contributed by atoms with Crippen molar-refractivity contribution in [3.63, 3.8) is 0 Å². The van der Waals surface area contributed by atoms with E-state index in [9.17, 15) is 4.79 Å². The molecule has 5 heteroatoms. The lowest BCUT2D eigenvalue weighted by molar-refractivity contribution is -0.189. The maximum atomic E-state index is 10.2. The van der Waals surface area contributed by atoms with Crippen molar-refractivity contribution in [3.05, 3.63) is 0 Å². The molecule has 0 spiro atoms. The van der Waals surface area contributed by atoms with Gasteiger partial charge in [0.05, 0.1) is 13.0 Å². The van der Waals surface area contributed by atoms with Crippen LogP contribution in [0, 0.1) is 0 Å². The summed E-state index contributed by atoms with van der Waals surface area (Å²) in [7, 11) is 0. The number of aliphatic hydroxyl groups excluding tert-OH is 3. The second kappa shape index (κ2) is 3.17. The molecule has 0 bridgehead atoms. The van der Waals surface area contributed by atoms with E-state index in [-0.39, 0.29) is 12.4 Å². The van der Waals surface area contributed by atoms with Crippen molar-refractivity contribution < 1.29 is 24.9 Å². The molecule has 0 radical (unpaired) electrons. The molecule has 0 aromatic heterocycles. The van der Waals surface area contributed by atoms with Crippen molar-refractivity contribution in [2.24, 2.45) is 0 Å². The van der Waals surface area contributed by atoms with Gasteiger partial charge in [-0.3, -0.25) is 4.79 Å². The van der Waals surface area contributed by atoms with Crippen molar-refractivity contribution in [3.8, 4) is 0 Å². The lowest BCUT2D eigenvalue weighted by Crippen LogP contribution is -2.48. The van der Waals surface area contributed by atoms with Crippen molar-refractivity contribution in [2.45, 2.75) is 24.7 Å². The summed E-state index contributed by atoms with van der Waals surface area (Å²) < 4.78 is 4.46. The van der Waals surface area contributed by atoms with Crippen molar-refractivity contribution in [1.82, 2.24) is 0 Å². The molecular formula is C6H10O5. The Kier molecular flexibility index (Phi) is 2.43. The SMILES string of the molecule is O=C1CC(C(O)C(O)CO)O1. The Labute approximate surface area is 63.2 Å². The van der Waals surface area contributed by atoms with Gasteiger partial charge in [0.2, 0.25) is 0 Å². The first-order valence-corrected chi connectivity index (χ1v) is 3.31. The Morgan fingerprint density at radius 3 is 2.55 bits per heavy atom. The van der Waals surface area contributed by atoms with Gasteiger partial charge in [-0.1, -0.05) is 0 Å². The van der Waals surface area contributed by atoms with Gasteiger partial charge in [-0.15, -0.1) is 0 Å². The number of hydrogen-bond acceptors (Lipinski definition) is 5. The third kappa shape index (κ3) is 1.68. The molecule has 11 heavy (non-hydrogen) atoms. The zero-order valence-electron chi connectivity index (χ0n) is 5.80. The van der Waals surface area contributed by atoms with Gasteiger partial charge in [0.15, 0.2) is 0 Å². The van der Waals surface area contributed by atoms with Crippen LogP contribution in [0.25, 0.3) is 0 Å². The third-order valence-electron chi connectivity index (χ3n) is 1.61. The number of rotatable bonds is 3. The molecule has 1 heterocycles. The second-order valence-electron chi connectivity index (χ2n) is 2.47. The van der Waals surface area contributed by atoms with Crippen molar-refractivity contribution in [1.29, 1.82) is 0 Å². The molecule has 0 amide bonds. The van der Waals surface area contributed by atoms with Crippen LogP contribution in [0.1, 0.15) is 6.42 Å². The second-order valence-corrected chi connectivity index (χ2v) is 2.47. The van der Waals surface area contributed by atoms with E-state index in [0.29, 0.717) is 0 Å². The summed E-state index contributed by atoms with van der Waals surface area (Å²) in [5.41, 5.74) is 0. The van der Waals surface area contributed by atoms with E-state index >= 15 is 0 Å². The van der Waals surface area contributed by atoms with E-state index in [1.807, 2.05) is 0 Å². The molecule has 0 aromatic rings. The number of cyclic esters (lactones) is 1. The molecule has 1 fully saturated rings. The van der Waals surface area contributed by atoms with E-state index < -0.39 is 24.9 Å². The molecule has 3 atom stereocenters. The molecule has 1 aliphatic rings. The number of esters is 1. The zero-order valence-corrected chi connectivity index (χ0v) is 5.80. The average Bonchev–Trinajstić information content (AvgIpc) is 1.96. The van der Waals surface area contributed by atoms with Crippen LogP contribution in [0.3, 0.4) is 0 Å². The Morgan fingerprint density at radius 1 is 1.64 bits per heavy atom. The third-order valence-corrected chi connectivity index (χ3v) is 1.61. The highest BCUT2D eigenvalue weighted by Gasteiger charge is 2.38. The number of aliphatic hydroxyl groups is 3. The van der Waals surface area contributed by atoms with Crippen molar-refractivity contribution in [2.75, 3.05) is 6.61 Å². The Morgan fingerprint density at radius 2 is 2.18 bits per heavy atom. The predicted molar refractivity (Wildman–Crippen MR) is 33.6 cm³/mol. The molecule has 1 aliphatic heterocycles. The summed E-state index contributed by atoms with van der Waals surface area (Å²) in [6.45, 7) is -0.533. The fraction of sp³-hybridized carbons (Fsp3) is 0.833. The molecule has 3 unspecified atom stereocenters. The lowest BCUT2D eigenvalue weighted by Gasteiger charge is -2.31. The summed E-state index contributed by atoms with van der Waals surface area (Å²) in [5.74, 6) is -0.390.